The molecule has 1 N–H and O–H groups in total. The van der Waals surface area contributed by atoms with Crippen LogP contribution < -0.4 is 5.32 Å². The molecule has 0 aliphatic heterocycles. The maximum absolute atomic E-state index is 11.5. The van der Waals surface area contributed by atoms with Crippen molar-refractivity contribution in [2.24, 2.45) is 0 Å². The summed E-state index contributed by atoms with van der Waals surface area (Å²) in [6.45, 7) is 5.06. The van der Waals surface area contributed by atoms with Gasteiger partial charge in [0.15, 0.2) is 0 Å². The maximum atomic E-state index is 11.5. The van der Waals surface area contributed by atoms with Crippen LogP contribution in [-0.2, 0) is 16.0 Å². The van der Waals surface area contributed by atoms with Crippen molar-refractivity contribution in [3.8, 4) is 0 Å². The van der Waals surface area contributed by atoms with E-state index in [4.69, 9.17) is 16.3 Å². The fourth-order valence-corrected chi connectivity index (χ4v) is 1.74. The lowest BCUT2D eigenvalue weighted by Crippen LogP contribution is -2.28. The third-order valence-corrected chi connectivity index (χ3v) is 2.64. The summed E-state index contributed by atoms with van der Waals surface area (Å²) in [5.74, 6) is 0.0438. The summed E-state index contributed by atoms with van der Waals surface area (Å²) in [6, 6.07) is 7.58. The Balaban J connectivity index is 2.17. The largest absolute Gasteiger partial charge is 0.377 e. The van der Waals surface area contributed by atoms with Crippen molar-refractivity contribution < 1.29 is 9.53 Å². The Morgan fingerprint density at radius 3 is 2.89 bits per heavy atom. The number of benzene rings is 1. The molecule has 0 bridgehead atoms. The van der Waals surface area contributed by atoms with Crippen LogP contribution in [0.3, 0.4) is 0 Å². The van der Waals surface area contributed by atoms with Crippen molar-refractivity contribution in [1.82, 2.24) is 5.32 Å². The van der Waals surface area contributed by atoms with Gasteiger partial charge in [0, 0.05) is 18.0 Å². The summed E-state index contributed by atoms with van der Waals surface area (Å²) in [5, 5.41) is 3.53. The number of amides is 1. The monoisotopic (exact) mass is 269 g/mol. The van der Waals surface area contributed by atoms with Gasteiger partial charge in [-0.25, -0.2) is 0 Å². The van der Waals surface area contributed by atoms with Crippen molar-refractivity contribution in [1.29, 1.82) is 0 Å². The van der Waals surface area contributed by atoms with E-state index >= 15 is 0 Å². The standard InChI is InChI=1S/C14H20ClNO2/c1-11(2)18-9-8-16-14(17)7-6-12-4-3-5-13(15)10-12/h3-5,10-11H,6-9H2,1-2H3,(H,16,17). The van der Waals surface area contributed by atoms with E-state index in [2.05, 4.69) is 5.32 Å². The minimum atomic E-state index is 0.0438. The SMILES string of the molecule is CC(C)OCCNC(=O)CCc1cccc(Cl)c1. The molecule has 0 aliphatic rings. The maximum Gasteiger partial charge on any atom is 0.220 e. The van der Waals surface area contributed by atoms with E-state index in [1.165, 1.54) is 0 Å². The predicted molar refractivity (Wildman–Crippen MR) is 73.9 cm³/mol. The Morgan fingerprint density at radius 1 is 1.44 bits per heavy atom. The van der Waals surface area contributed by atoms with Gasteiger partial charge in [0.05, 0.1) is 12.7 Å². The molecule has 0 heterocycles. The summed E-state index contributed by atoms with van der Waals surface area (Å²) in [5.41, 5.74) is 1.08. The Bertz CT molecular complexity index is 380. The fraction of sp³-hybridized carbons (Fsp3) is 0.500. The Labute approximate surface area is 113 Å². The Hall–Kier alpha value is -1.06. The number of rotatable bonds is 7. The predicted octanol–water partition coefficient (Wildman–Crippen LogP) is 2.81. The molecule has 4 heteroatoms. The first-order valence-electron chi connectivity index (χ1n) is 6.20. The lowest BCUT2D eigenvalue weighted by Gasteiger charge is -2.08. The highest BCUT2D eigenvalue weighted by molar-refractivity contribution is 6.30. The quantitative estimate of drug-likeness (QED) is 0.773. The molecule has 0 radical (unpaired) electrons. The molecular weight excluding hydrogens is 250 g/mol. The molecule has 18 heavy (non-hydrogen) atoms. The third kappa shape index (κ3) is 6.62. The molecule has 1 amide bonds. The second-order valence-corrected chi connectivity index (χ2v) is 4.84. The number of hydrogen-bond donors (Lipinski definition) is 1. The molecule has 0 aromatic heterocycles. The molecule has 0 spiro atoms. The van der Waals surface area contributed by atoms with Gasteiger partial charge in [-0.2, -0.15) is 0 Å². The molecule has 0 unspecified atom stereocenters. The smallest absolute Gasteiger partial charge is 0.220 e. The number of nitrogens with one attached hydrogen (secondary N) is 1. The van der Waals surface area contributed by atoms with Crippen LogP contribution in [0.15, 0.2) is 24.3 Å². The minimum absolute atomic E-state index is 0.0438. The topological polar surface area (TPSA) is 38.3 Å². The van der Waals surface area contributed by atoms with Gasteiger partial charge in [-0.1, -0.05) is 23.7 Å². The average Bonchev–Trinajstić information content (AvgIpc) is 2.32. The minimum Gasteiger partial charge on any atom is -0.377 e. The highest BCUT2D eigenvalue weighted by Crippen LogP contribution is 2.11. The van der Waals surface area contributed by atoms with E-state index in [1.807, 2.05) is 38.1 Å². The van der Waals surface area contributed by atoms with Gasteiger partial charge < -0.3 is 10.1 Å². The van der Waals surface area contributed by atoms with E-state index < -0.39 is 0 Å². The molecular formula is C14H20ClNO2. The van der Waals surface area contributed by atoms with E-state index in [9.17, 15) is 4.79 Å². The van der Waals surface area contributed by atoms with Gasteiger partial charge >= 0.3 is 0 Å². The molecule has 1 aromatic rings. The number of aryl methyl sites for hydroxylation is 1. The zero-order valence-electron chi connectivity index (χ0n) is 10.9. The van der Waals surface area contributed by atoms with Crippen molar-refractivity contribution in [2.45, 2.75) is 32.8 Å². The number of halogens is 1. The van der Waals surface area contributed by atoms with Crippen molar-refractivity contribution in [3.63, 3.8) is 0 Å². The molecule has 0 atom stereocenters. The van der Waals surface area contributed by atoms with Crippen LogP contribution in [-0.4, -0.2) is 25.2 Å². The summed E-state index contributed by atoms with van der Waals surface area (Å²) in [7, 11) is 0. The number of hydrogen-bond acceptors (Lipinski definition) is 2. The molecule has 0 fully saturated rings. The number of ether oxygens (including phenoxy) is 1. The van der Waals surface area contributed by atoms with Gasteiger partial charge in [-0.3, -0.25) is 4.79 Å². The Kier molecular flexibility index (Phi) is 6.76. The van der Waals surface area contributed by atoms with Crippen LogP contribution in [0.5, 0.6) is 0 Å². The first-order valence-corrected chi connectivity index (χ1v) is 6.58. The summed E-state index contributed by atoms with van der Waals surface area (Å²) < 4.78 is 5.34. The van der Waals surface area contributed by atoms with Crippen LogP contribution in [0, 0.1) is 0 Å². The summed E-state index contributed by atoms with van der Waals surface area (Å²) >= 11 is 5.88. The number of carbonyl (C=O) groups excluding carboxylic acids is 1. The van der Waals surface area contributed by atoms with Gasteiger partial charge in [0.1, 0.15) is 0 Å². The Morgan fingerprint density at radius 2 is 2.22 bits per heavy atom. The van der Waals surface area contributed by atoms with E-state index in [0.717, 1.165) is 5.56 Å². The lowest BCUT2D eigenvalue weighted by atomic mass is 10.1. The van der Waals surface area contributed by atoms with Crippen molar-refractivity contribution in [3.05, 3.63) is 34.9 Å². The second kappa shape index (κ2) is 8.11. The average molecular weight is 270 g/mol. The molecule has 0 saturated carbocycles. The van der Waals surface area contributed by atoms with Gasteiger partial charge in [-0.15, -0.1) is 0 Å². The normalized spacial score (nSPS) is 10.7. The van der Waals surface area contributed by atoms with Gasteiger partial charge in [0.25, 0.3) is 0 Å². The van der Waals surface area contributed by atoms with Crippen molar-refractivity contribution >= 4 is 17.5 Å². The molecule has 0 aliphatic carbocycles. The van der Waals surface area contributed by atoms with Crippen LogP contribution in [0.1, 0.15) is 25.8 Å². The highest BCUT2D eigenvalue weighted by Gasteiger charge is 2.02. The molecule has 0 saturated heterocycles. The molecule has 100 valence electrons. The molecule has 3 nitrogen and oxygen atoms in total. The molecule has 1 aromatic carbocycles. The number of carbonyl (C=O) groups is 1. The summed E-state index contributed by atoms with van der Waals surface area (Å²) in [4.78, 5) is 11.5. The first kappa shape index (κ1) is 15.0. The first-order chi connectivity index (χ1) is 8.58. The van der Waals surface area contributed by atoms with Crippen LogP contribution >= 0.6 is 11.6 Å². The zero-order chi connectivity index (χ0) is 13.4. The third-order valence-electron chi connectivity index (χ3n) is 2.41. The van der Waals surface area contributed by atoms with Crippen molar-refractivity contribution in [2.75, 3.05) is 13.2 Å². The fourth-order valence-electron chi connectivity index (χ4n) is 1.52. The van der Waals surface area contributed by atoms with E-state index in [-0.39, 0.29) is 12.0 Å². The van der Waals surface area contributed by atoms with Gasteiger partial charge in [-0.05, 0) is 38.0 Å². The lowest BCUT2D eigenvalue weighted by molar-refractivity contribution is -0.121. The van der Waals surface area contributed by atoms with Crippen LogP contribution in [0.4, 0.5) is 0 Å². The highest BCUT2D eigenvalue weighted by atomic mass is 35.5. The van der Waals surface area contributed by atoms with Crippen LogP contribution in [0.2, 0.25) is 5.02 Å². The van der Waals surface area contributed by atoms with Crippen LogP contribution in [0.25, 0.3) is 0 Å². The zero-order valence-corrected chi connectivity index (χ0v) is 11.7. The van der Waals surface area contributed by atoms with E-state index in [1.54, 1.807) is 0 Å². The second-order valence-electron chi connectivity index (χ2n) is 4.40. The van der Waals surface area contributed by atoms with E-state index in [0.29, 0.717) is 31.0 Å². The van der Waals surface area contributed by atoms with Gasteiger partial charge in [0.2, 0.25) is 5.91 Å². The summed E-state index contributed by atoms with van der Waals surface area (Å²) in [6.07, 6.45) is 1.38. The molecule has 1 rings (SSSR count).